The van der Waals surface area contributed by atoms with Gasteiger partial charge in [-0.3, -0.25) is 19.3 Å². The molecule has 0 fully saturated rings. The molecule has 0 spiro atoms. The number of carbonyl (C=O) groups excluding carboxylic acids is 3. The van der Waals surface area contributed by atoms with Gasteiger partial charge < -0.3 is 5.32 Å². The second kappa shape index (κ2) is 8.10. The molecule has 2 aromatic rings. The van der Waals surface area contributed by atoms with Gasteiger partial charge in [-0.2, -0.15) is 0 Å². The van der Waals surface area contributed by atoms with E-state index in [9.17, 15) is 27.2 Å². The highest BCUT2D eigenvalue weighted by atomic mass is 32.2. The number of amides is 3. The lowest BCUT2D eigenvalue weighted by Gasteiger charge is -2.09. The van der Waals surface area contributed by atoms with Crippen molar-refractivity contribution in [3.63, 3.8) is 0 Å². The zero-order valence-electron chi connectivity index (χ0n) is 15.4. The van der Waals surface area contributed by atoms with Gasteiger partial charge in [-0.1, -0.05) is 12.1 Å². The molecule has 0 bridgehead atoms. The minimum Gasteiger partial charge on any atom is -0.355 e. The maximum atomic E-state index is 12.9. The van der Waals surface area contributed by atoms with Gasteiger partial charge >= 0.3 is 0 Å². The van der Waals surface area contributed by atoms with E-state index >= 15 is 0 Å². The number of benzene rings is 2. The first-order valence-corrected chi connectivity index (χ1v) is 10.1. The van der Waals surface area contributed by atoms with E-state index in [1.165, 1.54) is 43.4 Å². The van der Waals surface area contributed by atoms with E-state index in [0.717, 1.165) is 11.0 Å². The summed E-state index contributed by atoms with van der Waals surface area (Å²) < 4.78 is 40.0. The van der Waals surface area contributed by atoms with Crippen molar-refractivity contribution >= 4 is 27.7 Å². The summed E-state index contributed by atoms with van der Waals surface area (Å²) in [6, 6.07) is 9.21. The van der Waals surface area contributed by atoms with Crippen LogP contribution in [0, 0.1) is 5.82 Å². The molecule has 1 aliphatic heterocycles. The molecule has 0 aliphatic carbocycles. The van der Waals surface area contributed by atoms with E-state index in [1.807, 2.05) is 0 Å². The van der Waals surface area contributed by atoms with Gasteiger partial charge in [0.25, 0.3) is 11.8 Å². The molecular weight excluding hydrogens is 401 g/mol. The molecule has 29 heavy (non-hydrogen) atoms. The van der Waals surface area contributed by atoms with E-state index in [4.69, 9.17) is 0 Å². The predicted octanol–water partition coefficient (Wildman–Crippen LogP) is 0.689. The molecule has 0 saturated heterocycles. The lowest BCUT2D eigenvalue weighted by atomic mass is 10.1. The van der Waals surface area contributed by atoms with Gasteiger partial charge in [0.2, 0.25) is 15.9 Å². The van der Waals surface area contributed by atoms with Crippen LogP contribution in [0.15, 0.2) is 47.4 Å². The predicted molar refractivity (Wildman–Crippen MR) is 101 cm³/mol. The molecule has 10 heteroatoms. The molecule has 1 heterocycles. The van der Waals surface area contributed by atoms with Crippen molar-refractivity contribution in [1.82, 2.24) is 14.9 Å². The summed E-state index contributed by atoms with van der Waals surface area (Å²) in [5.41, 5.74) is 0.823. The van der Waals surface area contributed by atoms with E-state index in [-0.39, 0.29) is 41.4 Å². The molecule has 8 nitrogen and oxygen atoms in total. The highest BCUT2D eigenvalue weighted by molar-refractivity contribution is 7.89. The number of fused-ring (bicyclic) bond motifs is 1. The van der Waals surface area contributed by atoms with Crippen LogP contribution in [0.4, 0.5) is 4.39 Å². The summed E-state index contributed by atoms with van der Waals surface area (Å²) in [4.78, 5) is 36.5. The standard InChI is InChI=1S/C19H18FN3O5S/c1-23-18(25)15-7-6-14(11-16(15)19(23)26)29(27,28)22-9-8-21-17(24)10-12-2-4-13(20)5-3-12/h2-7,11,22H,8-10H2,1H3,(H,21,24). The van der Waals surface area contributed by atoms with Crippen LogP contribution in [0.3, 0.4) is 0 Å². The summed E-state index contributed by atoms with van der Waals surface area (Å²) in [6.45, 7) is -0.0221. The Bertz CT molecular complexity index is 1080. The van der Waals surface area contributed by atoms with E-state index < -0.39 is 27.7 Å². The van der Waals surface area contributed by atoms with Gasteiger partial charge in [0.1, 0.15) is 5.82 Å². The SMILES string of the molecule is CN1C(=O)c2ccc(S(=O)(=O)NCCNC(=O)Cc3ccc(F)cc3)cc2C1=O. The molecule has 0 atom stereocenters. The minimum atomic E-state index is -3.93. The van der Waals surface area contributed by atoms with Gasteiger partial charge in [-0.25, -0.2) is 17.5 Å². The highest BCUT2D eigenvalue weighted by Crippen LogP contribution is 2.24. The van der Waals surface area contributed by atoms with Gasteiger partial charge in [-0.15, -0.1) is 0 Å². The largest absolute Gasteiger partial charge is 0.355 e. The van der Waals surface area contributed by atoms with E-state index in [1.54, 1.807) is 0 Å². The lowest BCUT2D eigenvalue weighted by Crippen LogP contribution is -2.35. The Morgan fingerprint density at radius 3 is 2.34 bits per heavy atom. The maximum Gasteiger partial charge on any atom is 0.261 e. The fourth-order valence-electron chi connectivity index (χ4n) is 2.83. The number of nitrogens with one attached hydrogen (secondary N) is 2. The van der Waals surface area contributed by atoms with Crippen molar-refractivity contribution in [2.75, 3.05) is 20.1 Å². The minimum absolute atomic E-state index is 0.0352. The number of hydrogen-bond donors (Lipinski definition) is 2. The lowest BCUT2D eigenvalue weighted by molar-refractivity contribution is -0.120. The zero-order valence-corrected chi connectivity index (χ0v) is 16.3. The Morgan fingerprint density at radius 2 is 1.66 bits per heavy atom. The van der Waals surface area contributed by atoms with Crippen LogP contribution in [0.25, 0.3) is 0 Å². The van der Waals surface area contributed by atoms with Crippen molar-refractivity contribution in [3.8, 4) is 0 Å². The Kier molecular flexibility index (Phi) is 5.76. The van der Waals surface area contributed by atoms with E-state index in [2.05, 4.69) is 10.0 Å². The fourth-order valence-corrected chi connectivity index (χ4v) is 3.89. The number of imide groups is 1. The number of halogens is 1. The molecule has 1 aliphatic rings. The van der Waals surface area contributed by atoms with Crippen molar-refractivity contribution in [2.45, 2.75) is 11.3 Å². The van der Waals surface area contributed by atoms with Gasteiger partial charge in [0.05, 0.1) is 22.4 Å². The summed E-state index contributed by atoms with van der Waals surface area (Å²) in [5.74, 6) is -1.77. The van der Waals surface area contributed by atoms with E-state index in [0.29, 0.717) is 5.56 Å². The molecule has 2 aromatic carbocycles. The first-order chi connectivity index (χ1) is 13.7. The average Bonchev–Trinajstić information content (AvgIpc) is 2.91. The van der Waals surface area contributed by atoms with Crippen molar-refractivity contribution in [1.29, 1.82) is 0 Å². The molecule has 0 radical (unpaired) electrons. The molecule has 0 aromatic heterocycles. The number of rotatable bonds is 7. The molecular formula is C19H18FN3O5S. The topological polar surface area (TPSA) is 113 Å². The molecule has 0 saturated carbocycles. The molecule has 152 valence electrons. The van der Waals surface area contributed by atoms with Gasteiger partial charge in [0, 0.05) is 20.1 Å². The Hall–Kier alpha value is -3.11. The van der Waals surface area contributed by atoms with Crippen molar-refractivity contribution < 1.29 is 27.2 Å². The third-order valence-corrected chi connectivity index (χ3v) is 5.85. The number of carbonyl (C=O) groups is 3. The van der Waals surface area contributed by atoms with Gasteiger partial charge in [-0.05, 0) is 35.9 Å². The fraction of sp³-hybridized carbons (Fsp3) is 0.211. The van der Waals surface area contributed by atoms with Crippen molar-refractivity contribution in [3.05, 3.63) is 65.0 Å². The Labute approximate surface area is 166 Å². The number of hydrogen-bond acceptors (Lipinski definition) is 5. The molecule has 2 N–H and O–H groups in total. The molecule has 3 rings (SSSR count). The third kappa shape index (κ3) is 4.49. The molecule has 3 amide bonds. The van der Waals surface area contributed by atoms with Crippen LogP contribution in [-0.4, -0.2) is 51.2 Å². The average molecular weight is 419 g/mol. The highest BCUT2D eigenvalue weighted by Gasteiger charge is 2.33. The van der Waals surface area contributed by atoms with Crippen LogP contribution in [0.5, 0.6) is 0 Å². The Morgan fingerprint density at radius 1 is 1.00 bits per heavy atom. The second-order valence-corrected chi connectivity index (χ2v) is 8.19. The van der Waals surface area contributed by atoms with Crippen LogP contribution in [0.1, 0.15) is 26.3 Å². The quantitative estimate of drug-likeness (QED) is 0.507. The number of nitrogens with zero attached hydrogens (tertiary/aromatic N) is 1. The van der Waals surface area contributed by atoms with Crippen LogP contribution >= 0.6 is 0 Å². The monoisotopic (exact) mass is 419 g/mol. The first kappa shape index (κ1) is 20.6. The van der Waals surface area contributed by atoms with Crippen LogP contribution in [0.2, 0.25) is 0 Å². The Balaban J connectivity index is 1.54. The van der Waals surface area contributed by atoms with Gasteiger partial charge in [0.15, 0.2) is 0 Å². The first-order valence-electron chi connectivity index (χ1n) is 8.66. The summed E-state index contributed by atoms with van der Waals surface area (Å²) in [5, 5.41) is 2.57. The smallest absolute Gasteiger partial charge is 0.261 e. The van der Waals surface area contributed by atoms with Crippen LogP contribution < -0.4 is 10.0 Å². The summed E-state index contributed by atoms with van der Waals surface area (Å²) in [7, 11) is -2.60. The third-order valence-electron chi connectivity index (χ3n) is 4.39. The second-order valence-electron chi connectivity index (χ2n) is 6.43. The maximum absolute atomic E-state index is 12.9. The zero-order chi connectivity index (χ0) is 21.2. The van der Waals surface area contributed by atoms with Crippen LogP contribution in [-0.2, 0) is 21.2 Å². The van der Waals surface area contributed by atoms with Crippen molar-refractivity contribution in [2.24, 2.45) is 0 Å². The normalized spacial score (nSPS) is 13.5. The summed E-state index contributed by atoms with van der Waals surface area (Å²) in [6.07, 6.45) is 0.0432. The molecule has 0 unspecified atom stereocenters. The summed E-state index contributed by atoms with van der Waals surface area (Å²) >= 11 is 0. The number of sulfonamides is 1.